The number of carbonyl (C=O) groups is 3. The van der Waals surface area contributed by atoms with Gasteiger partial charge in [-0.05, 0) is 54.8 Å². The molecular weight excluding hydrogens is 414 g/mol. The van der Waals surface area contributed by atoms with E-state index >= 15 is 0 Å². The van der Waals surface area contributed by atoms with E-state index < -0.39 is 30.0 Å². The van der Waals surface area contributed by atoms with Gasteiger partial charge >= 0.3 is 5.97 Å². The Balaban J connectivity index is 1.73. The quantitative estimate of drug-likeness (QED) is 0.335. The zero-order chi connectivity index (χ0) is 23.1. The lowest BCUT2D eigenvalue weighted by molar-refractivity contribution is -0.142. The van der Waals surface area contributed by atoms with E-state index in [0.29, 0.717) is 17.5 Å². The van der Waals surface area contributed by atoms with Crippen LogP contribution in [0.3, 0.4) is 0 Å². The molecule has 0 unspecified atom stereocenters. The Bertz CT molecular complexity index is 939. The van der Waals surface area contributed by atoms with E-state index in [1.807, 2.05) is 0 Å². The predicted molar refractivity (Wildman–Crippen MR) is 116 cm³/mol. The van der Waals surface area contributed by atoms with E-state index in [1.165, 1.54) is 24.3 Å². The highest BCUT2D eigenvalue weighted by atomic mass is 16.4. The van der Waals surface area contributed by atoms with Crippen molar-refractivity contribution in [2.45, 2.75) is 43.8 Å². The van der Waals surface area contributed by atoms with Crippen LogP contribution in [-0.4, -0.2) is 57.8 Å². The number of phenolic OH excluding ortho intramolecular Hbond substituents is 2. The Morgan fingerprint density at radius 1 is 0.875 bits per heavy atom. The van der Waals surface area contributed by atoms with Crippen LogP contribution in [0.25, 0.3) is 0 Å². The number of hydrogen-bond donors (Lipinski definition) is 6. The second-order valence-corrected chi connectivity index (χ2v) is 7.85. The van der Waals surface area contributed by atoms with Gasteiger partial charge in [-0.1, -0.05) is 24.3 Å². The second-order valence-electron chi connectivity index (χ2n) is 7.85. The number of phenols is 2. The summed E-state index contributed by atoms with van der Waals surface area (Å²) in [6.45, 7) is 0.723. The van der Waals surface area contributed by atoms with Gasteiger partial charge in [0.05, 0.1) is 6.04 Å². The minimum Gasteiger partial charge on any atom is -0.508 e. The molecule has 3 rings (SSSR count). The van der Waals surface area contributed by atoms with Gasteiger partial charge in [0.2, 0.25) is 11.8 Å². The highest BCUT2D eigenvalue weighted by Gasteiger charge is 2.30. The molecule has 0 aromatic heterocycles. The number of carboxylic acid groups (broad SMARTS) is 1. The van der Waals surface area contributed by atoms with Crippen molar-refractivity contribution in [2.75, 3.05) is 6.54 Å². The van der Waals surface area contributed by atoms with Crippen LogP contribution >= 0.6 is 0 Å². The molecule has 2 aromatic rings. The summed E-state index contributed by atoms with van der Waals surface area (Å²) >= 11 is 0. The molecule has 0 saturated carbocycles. The van der Waals surface area contributed by atoms with Crippen molar-refractivity contribution >= 4 is 17.8 Å². The van der Waals surface area contributed by atoms with Crippen molar-refractivity contribution in [1.82, 2.24) is 16.0 Å². The third kappa shape index (κ3) is 6.45. The molecule has 0 aliphatic carbocycles. The monoisotopic (exact) mass is 441 g/mol. The summed E-state index contributed by atoms with van der Waals surface area (Å²) in [5.74, 6) is -2.00. The Morgan fingerprint density at radius 2 is 1.41 bits per heavy atom. The molecule has 2 amide bonds. The first-order chi connectivity index (χ1) is 15.3. The molecule has 1 heterocycles. The number of amides is 2. The lowest BCUT2D eigenvalue weighted by Crippen LogP contribution is -2.55. The molecule has 0 bridgehead atoms. The van der Waals surface area contributed by atoms with Gasteiger partial charge in [-0.3, -0.25) is 9.59 Å². The summed E-state index contributed by atoms with van der Waals surface area (Å²) in [6.07, 6.45) is 1.68. The Hall–Kier alpha value is -3.59. The molecule has 3 atom stereocenters. The fraction of sp³-hybridized carbons (Fsp3) is 0.348. The predicted octanol–water partition coefficient (Wildman–Crippen LogP) is 0.689. The van der Waals surface area contributed by atoms with Crippen molar-refractivity contribution in [1.29, 1.82) is 0 Å². The largest absolute Gasteiger partial charge is 0.508 e. The maximum atomic E-state index is 13.0. The topological polar surface area (TPSA) is 148 Å². The van der Waals surface area contributed by atoms with Gasteiger partial charge in [-0.2, -0.15) is 0 Å². The third-order valence-corrected chi connectivity index (χ3v) is 5.38. The average molecular weight is 441 g/mol. The summed E-state index contributed by atoms with van der Waals surface area (Å²) in [5, 5.41) is 36.8. The first kappa shape index (κ1) is 23.1. The summed E-state index contributed by atoms with van der Waals surface area (Å²) in [4.78, 5) is 37.4. The number of carboxylic acids is 1. The summed E-state index contributed by atoms with van der Waals surface area (Å²) < 4.78 is 0. The standard InChI is InChI=1S/C23H27N3O6/c27-16-7-3-14(4-8-16)12-19(25-21(29)18-2-1-11-24-18)22(30)26-20(23(31)32)13-15-5-9-17(28)10-6-15/h3-10,18-20,24,27-28H,1-2,11-13H2,(H,25,29)(H,26,30)(H,31,32)/t18-,19-,20-/m0/s1. The number of rotatable bonds is 9. The van der Waals surface area contributed by atoms with Gasteiger partial charge in [-0.25, -0.2) is 4.79 Å². The van der Waals surface area contributed by atoms with Crippen LogP contribution in [0.15, 0.2) is 48.5 Å². The fourth-order valence-electron chi connectivity index (χ4n) is 3.60. The van der Waals surface area contributed by atoms with Crippen LogP contribution < -0.4 is 16.0 Å². The molecule has 1 aliphatic heterocycles. The van der Waals surface area contributed by atoms with E-state index in [1.54, 1.807) is 24.3 Å². The van der Waals surface area contributed by atoms with Gasteiger partial charge in [0.25, 0.3) is 0 Å². The number of aliphatic carboxylic acids is 1. The van der Waals surface area contributed by atoms with E-state index in [9.17, 15) is 29.7 Å². The highest BCUT2D eigenvalue weighted by Crippen LogP contribution is 2.14. The van der Waals surface area contributed by atoms with Crippen LogP contribution in [0.2, 0.25) is 0 Å². The molecule has 32 heavy (non-hydrogen) atoms. The molecule has 0 spiro atoms. The molecular formula is C23H27N3O6. The maximum absolute atomic E-state index is 13.0. The van der Waals surface area contributed by atoms with E-state index in [2.05, 4.69) is 16.0 Å². The van der Waals surface area contributed by atoms with E-state index in [-0.39, 0.29) is 30.2 Å². The molecule has 9 nitrogen and oxygen atoms in total. The van der Waals surface area contributed by atoms with Crippen molar-refractivity contribution in [2.24, 2.45) is 0 Å². The van der Waals surface area contributed by atoms with Crippen LogP contribution in [0.5, 0.6) is 11.5 Å². The zero-order valence-electron chi connectivity index (χ0n) is 17.5. The molecule has 0 radical (unpaired) electrons. The molecule has 1 fully saturated rings. The first-order valence-corrected chi connectivity index (χ1v) is 10.4. The van der Waals surface area contributed by atoms with Crippen LogP contribution in [0, 0.1) is 0 Å². The Morgan fingerprint density at radius 3 is 1.88 bits per heavy atom. The van der Waals surface area contributed by atoms with Gasteiger partial charge in [-0.15, -0.1) is 0 Å². The SMILES string of the molecule is O=C(O)[C@H](Cc1ccc(O)cc1)NC(=O)[C@H](Cc1ccc(O)cc1)NC(=O)[C@@H]1CCCN1. The van der Waals surface area contributed by atoms with Crippen LogP contribution in [0.1, 0.15) is 24.0 Å². The number of benzene rings is 2. The molecule has 1 aliphatic rings. The second kappa shape index (κ2) is 10.6. The lowest BCUT2D eigenvalue weighted by atomic mass is 10.0. The molecule has 170 valence electrons. The normalized spacial score (nSPS) is 17.3. The minimum absolute atomic E-state index is 0.0193. The Kier molecular flexibility index (Phi) is 7.67. The maximum Gasteiger partial charge on any atom is 0.326 e. The summed E-state index contributed by atoms with van der Waals surface area (Å²) in [7, 11) is 0. The van der Waals surface area contributed by atoms with Gasteiger partial charge in [0, 0.05) is 12.8 Å². The third-order valence-electron chi connectivity index (χ3n) is 5.38. The number of hydrogen-bond acceptors (Lipinski definition) is 6. The van der Waals surface area contributed by atoms with Gasteiger partial charge in [0.1, 0.15) is 23.6 Å². The van der Waals surface area contributed by atoms with Crippen molar-refractivity contribution in [3.63, 3.8) is 0 Å². The van der Waals surface area contributed by atoms with Crippen molar-refractivity contribution < 1.29 is 29.7 Å². The van der Waals surface area contributed by atoms with Gasteiger partial charge in [0.15, 0.2) is 0 Å². The molecule has 2 aromatic carbocycles. The molecule has 6 N–H and O–H groups in total. The fourth-order valence-corrected chi connectivity index (χ4v) is 3.60. The summed E-state index contributed by atoms with van der Waals surface area (Å²) in [5.41, 5.74) is 1.33. The number of nitrogens with one attached hydrogen (secondary N) is 3. The average Bonchev–Trinajstić information content (AvgIpc) is 3.31. The first-order valence-electron chi connectivity index (χ1n) is 10.4. The minimum atomic E-state index is -1.21. The highest BCUT2D eigenvalue weighted by molar-refractivity contribution is 5.92. The number of aromatic hydroxyl groups is 2. The smallest absolute Gasteiger partial charge is 0.326 e. The van der Waals surface area contributed by atoms with Crippen LogP contribution in [-0.2, 0) is 27.2 Å². The van der Waals surface area contributed by atoms with Crippen LogP contribution in [0.4, 0.5) is 0 Å². The van der Waals surface area contributed by atoms with E-state index in [4.69, 9.17) is 0 Å². The molecule has 1 saturated heterocycles. The van der Waals surface area contributed by atoms with Gasteiger partial charge < -0.3 is 31.3 Å². The lowest BCUT2D eigenvalue weighted by Gasteiger charge is -2.23. The molecule has 9 heteroatoms. The summed E-state index contributed by atoms with van der Waals surface area (Å²) in [6, 6.07) is 9.70. The zero-order valence-corrected chi connectivity index (χ0v) is 17.5. The number of carbonyl (C=O) groups excluding carboxylic acids is 2. The van der Waals surface area contributed by atoms with Crippen molar-refractivity contribution in [3.8, 4) is 11.5 Å². The van der Waals surface area contributed by atoms with Crippen molar-refractivity contribution in [3.05, 3.63) is 59.7 Å². The van der Waals surface area contributed by atoms with E-state index in [0.717, 1.165) is 13.0 Å². The Labute approximate surface area is 185 Å².